The molecule has 0 aromatic carbocycles. The van der Waals surface area contributed by atoms with Gasteiger partial charge in [0.2, 0.25) is 0 Å². The first-order valence-electron chi connectivity index (χ1n) is 5.10. The van der Waals surface area contributed by atoms with Crippen LogP contribution in [0.4, 0.5) is 0 Å². The van der Waals surface area contributed by atoms with Crippen molar-refractivity contribution >= 4 is 5.97 Å². The summed E-state index contributed by atoms with van der Waals surface area (Å²) in [5.74, 6) is -0.345. The van der Waals surface area contributed by atoms with Crippen LogP contribution in [0.15, 0.2) is 0 Å². The lowest BCUT2D eigenvalue weighted by Crippen LogP contribution is -2.45. The molecule has 0 aliphatic carbocycles. The Morgan fingerprint density at radius 3 is 2.29 bits per heavy atom. The molecule has 84 valence electrons. The zero-order chi connectivity index (χ0) is 11.1. The number of carbonyl (C=O) groups is 1. The molecule has 0 spiro atoms. The summed E-state index contributed by atoms with van der Waals surface area (Å²) in [6.45, 7) is 4.82. The summed E-state index contributed by atoms with van der Waals surface area (Å²) in [6, 6.07) is -0.0451. The van der Waals surface area contributed by atoms with Crippen LogP contribution in [0, 0.1) is 0 Å². The summed E-state index contributed by atoms with van der Waals surface area (Å²) in [5.41, 5.74) is 5.66. The molecule has 0 aliphatic rings. The van der Waals surface area contributed by atoms with Crippen molar-refractivity contribution in [3.05, 3.63) is 0 Å². The second kappa shape index (κ2) is 6.79. The highest BCUT2D eigenvalue weighted by atomic mass is 16.5. The van der Waals surface area contributed by atoms with E-state index in [2.05, 4.69) is 23.5 Å². The van der Waals surface area contributed by atoms with Crippen molar-refractivity contribution in [2.75, 3.05) is 20.7 Å². The van der Waals surface area contributed by atoms with E-state index in [0.29, 0.717) is 12.6 Å². The van der Waals surface area contributed by atoms with Crippen molar-refractivity contribution in [3.8, 4) is 0 Å². The second-order valence-electron chi connectivity index (χ2n) is 3.54. The first kappa shape index (κ1) is 13.4. The molecule has 0 aliphatic heterocycles. The van der Waals surface area contributed by atoms with Crippen molar-refractivity contribution in [2.45, 2.75) is 38.8 Å². The van der Waals surface area contributed by atoms with Crippen LogP contribution in [0.3, 0.4) is 0 Å². The van der Waals surface area contributed by atoms with Crippen LogP contribution in [-0.2, 0) is 9.53 Å². The predicted octanol–water partition coefficient (Wildman–Crippen LogP) is 0.607. The van der Waals surface area contributed by atoms with E-state index in [0.717, 1.165) is 12.8 Å². The van der Waals surface area contributed by atoms with E-state index in [-0.39, 0.29) is 5.97 Å². The van der Waals surface area contributed by atoms with Crippen LogP contribution in [-0.4, -0.2) is 43.7 Å². The average molecular weight is 202 g/mol. The molecule has 0 rings (SSSR count). The Kier molecular flexibility index (Phi) is 6.49. The summed E-state index contributed by atoms with van der Waals surface area (Å²) in [6.07, 6.45) is 2.14. The molecule has 0 heterocycles. The molecule has 0 aromatic rings. The van der Waals surface area contributed by atoms with Crippen molar-refractivity contribution in [3.63, 3.8) is 0 Å². The van der Waals surface area contributed by atoms with Crippen molar-refractivity contribution in [1.29, 1.82) is 0 Å². The number of rotatable bonds is 6. The lowest BCUT2D eigenvalue weighted by molar-refractivity contribution is -0.142. The molecule has 14 heavy (non-hydrogen) atoms. The Morgan fingerprint density at radius 1 is 1.43 bits per heavy atom. The highest BCUT2D eigenvalue weighted by Crippen LogP contribution is 2.06. The fourth-order valence-electron chi connectivity index (χ4n) is 1.60. The van der Waals surface area contributed by atoms with Gasteiger partial charge in [-0.25, -0.2) is 0 Å². The van der Waals surface area contributed by atoms with Gasteiger partial charge < -0.3 is 15.4 Å². The Morgan fingerprint density at radius 2 is 1.93 bits per heavy atom. The number of ether oxygens (including phenoxy) is 1. The van der Waals surface area contributed by atoms with Gasteiger partial charge in [0.1, 0.15) is 6.04 Å². The Balaban J connectivity index is 4.03. The highest BCUT2D eigenvalue weighted by Gasteiger charge is 2.19. The molecule has 0 fully saturated rings. The Bertz CT molecular complexity index is 170. The van der Waals surface area contributed by atoms with Gasteiger partial charge in [-0.1, -0.05) is 13.8 Å². The van der Waals surface area contributed by atoms with Crippen molar-refractivity contribution < 1.29 is 9.53 Å². The van der Waals surface area contributed by atoms with Gasteiger partial charge in [-0.2, -0.15) is 0 Å². The molecule has 2 N–H and O–H groups in total. The van der Waals surface area contributed by atoms with Crippen molar-refractivity contribution in [1.82, 2.24) is 4.90 Å². The van der Waals surface area contributed by atoms with E-state index in [1.165, 1.54) is 7.11 Å². The summed E-state index contributed by atoms with van der Waals surface area (Å²) in [7, 11) is 3.35. The van der Waals surface area contributed by atoms with Gasteiger partial charge in [0.15, 0.2) is 0 Å². The fourth-order valence-corrected chi connectivity index (χ4v) is 1.60. The van der Waals surface area contributed by atoms with Gasteiger partial charge in [0.05, 0.1) is 7.11 Å². The van der Waals surface area contributed by atoms with E-state index in [1.54, 1.807) is 0 Å². The molecule has 0 aromatic heterocycles. The van der Waals surface area contributed by atoms with E-state index in [9.17, 15) is 4.79 Å². The topological polar surface area (TPSA) is 55.6 Å². The normalized spacial score (nSPS) is 13.4. The summed E-state index contributed by atoms with van der Waals surface area (Å²) in [4.78, 5) is 13.2. The Labute approximate surface area is 86.4 Å². The van der Waals surface area contributed by atoms with Gasteiger partial charge in [0.25, 0.3) is 0 Å². The SMILES string of the molecule is CCC(CC)N(C)CC(N)C(=O)OC. The number of hydrogen-bond donors (Lipinski definition) is 1. The predicted molar refractivity (Wildman–Crippen MR) is 57.0 cm³/mol. The first-order valence-corrected chi connectivity index (χ1v) is 5.10. The summed E-state index contributed by atoms with van der Waals surface area (Å²) < 4.78 is 4.57. The van der Waals surface area contributed by atoms with Gasteiger partial charge >= 0.3 is 5.97 Å². The Hall–Kier alpha value is -0.610. The molecular weight excluding hydrogens is 180 g/mol. The molecule has 4 heteroatoms. The minimum absolute atomic E-state index is 0.345. The summed E-state index contributed by atoms with van der Waals surface area (Å²) in [5, 5.41) is 0. The van der Waals surface area contributed by atoms with Crippen LogP contribution in [0.2, 0.25) is 0 Å². The minimum atomic E-state index is -0.536. The molecule has 1 atom stereocenters. The maximum absolute atomic E-state index is 11.1. The standard InChI is InChI=1S/C10H22N2O2/c1-5-8(6-2)12(3)7-9(11)10(13)14-4/h8-9H,5-7,11H2,1-4H3. The van der Waals surface area contributed by atoms with E-state index in [1.807, 2.05) is 7.05 Å². The average Bonchev–Trinajstić information content (AvgIpc) is 2.18. The third kappa shape index (κ3) is 4.07. The molecule has 0 radical (unpaired) electrons. The third-order valence-electron chi connectivity index (χ3n) is 2.55. The van der Waals surface area contributed by atoms with Gasteiger partial charge in [0, 0.05) is 12.6 Å². The molecule has 0 saturated carbocycles. The molecule has 4 nitrogen and oxygen atoms in total. The van der Waals surface area contributed by atoms with Crippen LogP contribution in [0.1, 0.15) is 26.7 Å². The molecule has 0 amide bonds. The fraction of sp³-hybridized carbons (Fsp3) is 0.900. The van der Waals surface area contributed by atoms with Gasteiger partial charge in [-0.15, -0.1) is 0 Å². The maximum Gasteiger partial charge on any atom is 0.323 e. The van der Waals surface area contributed by atoms with E-state index in [4.69, 9.17) is 5.73 Å². The zero-order valence-electron chi connectivity index (χ0n) is 9.62. The van der Waals surface area contributed by atoms with Crippen LogP contribution >= 0.6 is 0 Å². The molecular formula is C10H22N2O2. The summed E-state index contributed by atoms with van der Waals surface area (Å²) >= 11 is 0. The third-order valence-corrected chi connectivity index (χ3v) is 2.55. The lowest BCUT2D eigenvalue weighted by atomic mass is 10.1. The van der Waals surface area contributed by atoms with Crippen LogP contribution in [0.5, 0.6) is 0 Å². The molecule has 0 saturated heterocycles. The maximum atomic E-state index is 11.1. The minimum Gasteiger partial charge on any atom is -0.468 e. The zero-order valence-corrected chi connectivity index (χ0v) is 9.62. The molecule has 1 unspecified atom stereocenters. The number of nitrogens with two attached hydrogens (primary N) is 1. The number of carbonyl (C=O) groups excluding carboxylic acids is 1. The number of hydrogen-bond acceptors (Lipinski definition) is 4. The number of methoxy groups -OCH3 is 1. The number of esters is 1. The van der Waals surface area contributed by atoms with Gasteiger partial charge in [-0.05, 0) is 19.9 Å². The lowest BCUT2D eigenvalue weighted by Gasteiger charge is -2.27. The van der Waals surface area contributed by atoms with Crippen LogP contribution in [0.25, 0.3) is 0 Å². The monoisotopic (exact) mass is 202 g/mol. The number of nitrogens with zero attached hydrogens (tertiary/aromatic N) is 1. The molecule has 0 bridgehead atoms. The quantitative estimate of drug-likeness (QED) is 0.641. The highest BCUT2D eigenvalue weighted by molar-refractivity contribution is 5.75. The van der Waals surface area contributed by atoms with E-state index >= 15 is 0 Å². The largest absolute Gasteiger partial charge is 0.468 e. The first-order chi connectivity index (χ1) is 6.56. The smallest absolute Gasteiger partial charge is 0.323 e. The van der Waals surface area contributed by atoms with E-state index < -0.39 is 6.04 Å². The van der Waals surface area contributed by atoms with Crippen molar-refractivity contribution in [2.24, 2.45) is 5.73 Å². The van der Waals surface area contributed by atoms with Crippen LogP contribution < -0.4 is 5.73 Å². The van der Waals surface area contributed by atoms with Gasteiger partial charge in [-0.3, -0.25) is 4.79 Å². The second-order valence-corrected chi connectivity index (χ2v) is 3.54. The number of likely N-dealkylation sites (N-methyl/N-ethyl adjacent to an activating group) is 1.